The number of anilines is 3. The summed E-state index contributed by atoms with van der Waals surface area (Å²) in [5.74, 6) is 0. The SMILES string of the molecule is c1ccc(-c2cc(-c3ccccc3)cc(N(c3ccccc3)c3cc(-c4ccccc4)cc(-c4cccc5ccccc45)c3)c2)cc1. The molecule has 0 N–H and O–H groups in total. The maximum atomic E-state index is 2.40. The van der Waals surface area contributed by atoms with E-state index in [9.17, 15) is 0 Å². The third kappa shape index (κ3) is 5.83. The Labute approximate surface area is 276 Å². The van der Waals surface area contributed by atoms with Gasteiger partial charge >= 0.3 is 0 Å². The van der Waals surface area contributed by atoms with E-state index in [-0.39, 0.29) is 0 Å². The van der Waals surface area contributed by atoms with E-state index >= 15 is 0 Å². The van der Waals surface area contributed by atoms with Crippen molar-refractivity contribution in [2.45, 2.75) is 0 Å². The number of hydrogen-bond donors (Lipinski definition) is 0. The molecular formula is C46H33N. The molecule has 8 rings (SSSR count). The molecule has 0 heterocycles. The van der Waals surface area contributed by atoms with Gasteiger partial charge in [-0.2, -0.15) is 0 Å². The molecule has 0 spiro atoms. The van der Waals surface area contributed by atoms with Gasteiger partial charge in [0.2, 0.25) is 0 Å². The van der Waals surface area contributed by atoms with Crippen LogP contribution in [0.3, 0.4) is 0 Å². The zero-order valence-corrected chi connectivity index (χ0v) is 26.0. The fourth-order valence-corrected chi connectivity index (χ4v) is 6.53. The van der Waals surface area contributed by atoms with Crippen LogP contribution in [0.1, 0.15) is 0 Å². The van der Waals surface area contributed by atoms with Crippen molar-refractivity contribution in [3.8, 4) is 44.5 Å². The van der Waals surface area contributed by atoms with E-state index in [0.717, 1.165) is 17.1 Å². The van der Waals surface area contributed by atoms with Crippen molar-refractivity contribution in [3.63, 3.8) is 0 Å². The molecule has 0 saturated carbocycles. The van der Waals surface area contributed by atoms with Crippen LogP contribution in [0.15, 0.2) is 200 Å². The van der Waals surface area contributed by atoms with Crippen LogP contribution >= 0.6 is 0 Å². The van der Waals surface area contributed by atoms with Crippen LogP contribution in [-0.4, -0.2) is 0 Å². The number of rotatable bonds is 7. The molecule has 0 radical (unpaired) electrons. The average molecular weight is 600 g/mol. The second kappa shape index (κ2) is 12.7. The van der Waals surface area contributed by atoms with Crippen molar-refractivity contribution in [3.05, 3.63) is 200 Å². The minimum Gasteiger partial charge on any atom is -0.310 e. The van der Waals surface area contributed by atoms with Crippen LogP contribution in [0, 0.1) is 0 Å². The Balaban J connectivity index is 1.40. The zero-order valence-electron chi connectivity index (χ0n) is 26.0. The molecule has 8 aromatic carbocycles. The monoisotopic (exact) mass is 599 g/mol. The molecule has 0 aliphatic carbocycles. The molecule has 0 aliphatic rings. The highest BCUT2D eigenvalue weighted by Crippen LogP contribution is 2.43. The molecule has 0 saturated heterocycles. The van der Waals surface area contributed by atoms with Gasteiger partial charge in [-0.15, -0.1) is 0 Å². The molecule has 1 nitrogen and oxygen atoms in total. The van der Waals surface area contributed by atoms with Crippen molar-refractivity contribution >= 4 is 27.8 Å². The first-order chi connectivity index (χ1) is 23.3. The summed E-state index contributed by atoms with van der Waals surface area (Å²) in [6.45, 7) is 0. The topological polar surface area (TPSA) is 3.24 Å². The summed E-state index contributed by atoms with van der Waals surface area (Å²) < 4.78 is 0. The Morgan fingerprint density at radius 3 is 1.19 bits per heavy atom. The van der Waals surface area contributed by atoms with E-state index in [1.807, 2.05) is 0 Å². The first-order valence-corrected chi connectivity index (χ1v) is 16.1. The smallest absolute Gasteiger partial charge is 0.0473 e. The lowest BCUT2D eigenvalue weighted by Gasteiger charge is -2.28. The van der Waals surface area contributed by atoms with Gasteiger partial charge in [0.15, 0.2) is 0 Å². The van der Waals surface area contributed by atoms with Gasteiger partial charge in [-0.1, -0.05) is 152 Å². The fourth-order valence-electron chi connectivity index (χ4n) is 6.53. The molecule has 222 valence electrons. The van der Waals surface area contributed by atoms with Gasteiger partial charge in [-0.25, -0.2) is 0 Å². The molecule has 0 bridgehead atoms. The molecule has 8 aromatic rings. The van der Waals surface area contributed by atoms with Crippen LogP contribution in [0.4, 0.5) is 17.1 Å². The maximum Gasteiger partial charge on any atom is 0.0473 e. The first-order valence-electron chi connectivity index (χ1n) is 16.1. The normalized spacial score (nSPS) is 11.0. The Morgan fingerprint density at radius 1 is 0.255 bits per heavy atom. The Morgan fingerprint density at radius 2 is 0.660 bits per heavy atom. The summed E-state index contributed by atoms with van der Waals surface area (Å²) in [6.07, 6.45) is 0. The number of hydrogen-bond acceptors (Lipinski definition) is 1. The largest absolute Gasteiger partial charge is 0.310 e. The van der Waals surface area contributed by atoms with Gasteiger partial charge in [-0.05, 0) is 104 Å². The fraction of sp³-hybridized carbons (Fsp3) is 0. The average Bonchev–Trinajstić information content (AvgIpc) is 3.16. The molecule has 0 aromatic heterocycles. The molecular weight excluding hydrogens is 567 g/mol. The Hall–Kier alpha value is -6.18. The van der Waals surface area contributed by atoms with Crippen molar-refractivity contribution in [2.24, 2.45) is 0 Å². The molecule has 0 unspecified atom stereocenters. The van der Waals surface area contributed by atoms with E-state index in [1.165, 1.54) is 55.3 Å². The molecule has 0 fully saturated rings. The summed E-state index contributed by atoms with van der Waals surface area (Å²) >= 11 is 0. The van der Waals surface area contributed by atoms with Crippen LogP contribution in [-0.2, 0) is 0 Å². The van der Waals surface area contributed by atoms with E-state index in [2.05, 4.69) is 205 Å². The minimum atomic E-state index is 1.10. The zero-order chi connectivity index (χ0) is 31.4. The van der Waals surface area contributed by atoms with Gasteiger partial charge in [-0.3, -0.25) is 0 Å². The minimum absolute atomic E-state index is 1.10. The van der Waals surface area contributed by atoms with Gasteiger partial charge in [0.1, 0.15) is 0 Å². The number of nitrogens with zero attached hydrogens (tertiary/aromatic N) is 1. The van der Waals surface area contributed by atoms with Crippen LogP contribution < -0.4 is 4.90 Å². The summed E-state index contributed by atoms with van der Waals surface area (Å²) in [5, 5.41) is 2.48. The third-order valence-electron chi connectivity index (χ3n) is 8.79. The van der Waals surface area contributed by atoms with Crippen molar-refractivity contribution in [1.82, 2.24) is 0 Å². The second-order valence-electron chi connectivity index (χ2n) is 11.8. The summed E-state index contributed by atoms with van der Waals surface area (Å²) in [6, 6.07) is 72.0. The highest BCUT2D eigenvalue weighted by atomic mass is 15.1. The molecule has 0 aliphatic heterocycles. The maximum absolute atomic E-state index is 2.40. The second-order valence-corrected chi connectivity index (χ2v) is 11.8. The molecule has 0 atom stereocenters. The van der Waals surface area contributed by atoms with Gasteiger partial charge in [0.05, 0.1) is 0 Å². The number of benzene rings is 8. The van der Waals surface area contributed by atoms with E-state index in [1.54, 1.807) is 0 Å². The van der Waals surface area contributed by atoms with Crippen molar-refractivity contribution < 1.29 is 0 Å². The van der Waals surface area contributed by atoms with Crippen molar-refractivity contribution in [2.75, 3.05) is 4.90 Å². The van der Waals surface area contributed by atoms with Gasteiger partial charge in [0.25, 0.3) is 0 Å². The predicted octanol–water partition coefficient (Wildman–Crippen LogP) is 13.0. The lowest BCUT2D eigenvalue weighted by Crippen LogP contribution is -2.10. The lowest BCUT2D eigenvalue weighted by molar-refractivity contribution is 1.28. The number of para-hydroxylation sites is 1. The lowest BCUT2D eigenvalue weighted by atomic mass is 9.93. The first kappa shape index (κ1) is 28.3. The predicted molar refractivity (Wildman–Crippen MR) is 200 cm³/mol. The van der Waals surface area contributed by atoms with Crippen molar-refractivity contribution in [1.29, 1.82) is 0 Å². The van der Waals surface area contributed by atoms with Crippen LogP contribution in [0.5, 0.6) is 0 Å². The van der Waals surface area contributed by atoms with Crippen LogP contribution in [0.25, 0.3) is 55.3 Å². The summed E-state index contributed by atoms with van der Waals surface area (Å²) in [5.41, 5.74) is 12.8. The molecule has 0 amide bonds. The summed E-state index contributed by atoms with van der Waals surface area (Å²) in [4.78, 5) is 2.40. The highest BCUT2D eigenvalue weighted by molar-refractivity contribution is 5.99. The van der Waals surface area contributed by atoms with Gasteiger partial charge < -0.3 is 4.90 Å². The van der Waals surface area contributed by atoms with Gasteiger partial charge in [0, 0.05) is 17.1 Å². The molecule has 1 heteroatoms. The Bertz CT molecular complexity index is 2210. The van der Waals surface area contributed by atoms with E-state index in [0.29, 0.717) is 0 Å². The van der Waals surface area contributed by atoms with Crippen LogP contribution in [0.2, 0.25) is 0 Å². The number of fused-ring (bicyclic) bond motifs is 1. The Kier molecular flexibility index (Phi) is 7.63. The third-order valence-corrected chi connectivity index (χ3v) is 8.79. The standard InChI is InChI=1S/C46H33N/c1-5-16-34(17-6-1)38-28-39(35-18-7-2-8-19-35)31-43(30-38)47(42-24-11-4-12-25-42)44-32-40(36-20-9-3-10-21-36)29-41(33-44)46-27-15-23-37-22-13-14-26-45(37)46/h1-33H. The summed E-state index contributed by atoms with van der Waals surface area (Å²) in [7, 11) is 0. The highest BCUT2D eigenvalue weighted by Gasteiger charge is 2.18. The van der Waals surface area contributed by atoms with E-state index in [4.69, 9.17) is 0 Å². The molecule has 47 heavy (non-hydrogen) atoms. The van der Waals surface area contributed by atoms with E-state index < -0.39 is 0 Å². The quantitative estimate of drug-likeness (QED) is 0.176.